The highest BCUT2D eigenvalue weighted by atomic mass is 19.1. The van der Waals surface area contributed by atoms with Gasteiger partial charge in [0.05, 0.1) is 12.5 Å². The Morgan fingerprint density at radius 2 is 2.38 bits per heavy atom. The maximum atomic E-state index is 13.9. The minimum Gasteiger partial charge on any atom is -0.472 e. The zero-order chi connectivity index (χ0) is 9.73. The lowest BCUT2D eigenvalue weighted by molar-refractivity contribution is 0.158. The van der Waals surface area contributed by atoms with Crippen molar-refractivity contribution in [3.63, 3.8) is 0 Å². The quantitative estimate of drug-likeness (QED) is 0.764. The van der Waals surface area contributed by atoms with Gasteiger partial charge in [0, 0.05) is 13.0 Å². The number of alkyl halides is 1. The lowest BCUT2D eigenvalue weighted by Crippen LogP contribution is -2.35. The Labute approximate surface area is 77.9 Å². The molecule has 0 spiro atoms. The zero-order valence-corrected chi connectivity index (χ0v) is 7.92. The molecule has 0 aliphatic rings. The Morgan fingerprint density at radius 3 is 2.85 bits per heavy atom. The number of hydrogen-bond donors (Lipinski definition) is 1. The molecule has 0 saturated heterocycles. The van der Waals surface area contributed by atoms with Crippen molar-refractivity contribution >= 4 is 0 Å². The van der Waals surface area contributed by atoms with Gasteiger partial charge >= 0.3 is 0 Å². The molecule has 13 heavy (non-hydrogen) atoms. The van der Waals surface area contributed by atoms with Gasteiger partial charge in [-0.2, -0.15) is 0 Å². The van der Waals surface area contributed by atoms with E-state index in [2.05, 4.69) is 0 Å². The smallest absolute Gasteiger partial charge is 0.127 e. The molecule has 0 fully saturated rings. The summed E-state index contributed by atoms with van der Waals surface area (Å²) in [5.41, 5.74) is 5.02. The van der Waals surface area contributed by atoms with Gasteiger partial charge in [-0.25, -0.2) is 4.39 Å². The third-order valence-electron chi connectivity index (χ3n) is 2.16. The molecule has 1 rings (SSSR count). The molecule has 0 bridgehead atoms. The summed E-state index contributed by atoms with van der Waals surface area (Å²) in [6.45, 7) is 2.03. The molecule has 0 aliphatic heterocycles. The van der Waals surface area contributed by atoms with Crippen LogP contribution in [0.1, 0.15) is 25.3 Å². The Hall–Kier alpha value is -0.830. The summed E-state index contributed by atoms with van der Waals surface area (Å²) >= 11 is 0. The predicted octanol–water partition coefficient (Wildman–Crippen LogP) is 2.29. The molecule has 0 amide bonds. The van der Waals surface area contributed by atoms with Gasteiger partial charge in [0.25, 0.3) is 0 Å². The van der Waals surface area contributed by atoms with Gasteiger partial charge in [-0.3, -0.25) is 0 Å². The molecular weight excluding hydrogens is 169 g/mol. The minimum absolute atomic E-state index is 0.0754. The van der Waals surface area contributed by atoms with E-state index in [9.17, 15) is 4.39 Å². The first-order valence-corrected chi connectivity index (χ1v) is 4.60. The Kier molecular flexibility index (Phi) is 3.48. The standard InChI is InChI=1S/C10H16FNO/c1-2-4-10(11,8-12)6-9-3-5-13-7-9/h3,5,7H,2,4,6,8,12H2,1H3. The van der Waals surface area contributed by atoms with Crippen LogP contribution < -0.4 is 5.73 Å². The van der Waals surface area contributed by atoms with Crippen LogP contribution >= 0.6 is 0 Å². The van der Waals surface area contributed by atoms with E-state index in [4.69, 9.17) is 10.2 Å². The maximum absolute atomic E-state index is 13.9. The van der Waals surface area contributed by atoms with Crippen molar-refractivity contribution in [1.82, 2.24) is 0 Å². The highest BCUT2D eigenvalue weighted by Crippen LogP contribution is 2.22. The summed E-state index contributed by atoms with van der Waals surface area (Å²) in [6, 6.07) is 1.78. The Bertz CT molecular complexity index is 235. The highest BCUT2D eigenvalue weighted by Gasteiger charge is 2.27. The SMILES string of the molecule is CCCC(F)(CN)Cc1ccoc1. The molecule has 0 aliphatic carbocycles. The first kappa shape index (κ1) is 10.3. The number of nitrogens with two attached hydrogens (primary N) is 1. The fourth-order valence-corrected chi connectivity index (χ4v) is 1.47. The van der Waals surface area contributed by atoms with Crippen molar-refractivity contribution in [2.75, 3.05) is 6.54 Å². The molecule has 0 radical (unpaired) electrons. The summed E-state index contributed by atoms with van der Waals surface area (Å²) in [4.78, 5) is 0. The van der Waals surface area contributed by atoms with Gasteiger partial charge in [-0.15, -0.1) is 0 Å². The highest BCUT2D eigenvalue weighted by molar-refractivity contribution is 5.09. The van der Waals surface area contributed by atoms with E-state index < -0.39 is 5.67 Å². The number of furan rings is 1. The van der Waals surface area contributed by atoms with Crippen LogP contribution in [0.25, 0.3) is 0 Å². The second kappa shape index (κ2) is 4.42. The van der Waals surface area contributed by atoms with E-state index in [1.165, 1.54) is 0 Å². The minimum atomic E-state index is -1.27. The summed E-state index contributed by atoms with van der Waals surface area (Å²) in [7, 11) is 0. The van der Waals surface area contributed by atoms with Crippen LogP contribution in [0.3, 0.4) is 0 Å². The van der Waals surface area contributed by atoms with Crippen molar-refractivity contribution in [2.45, 2.75) is 31.9 Å². The van der Waals surface area contributed by atoms with E-state index in [-0.39, 0.29) is 6.54 Å². The van der Waals surface area contributed by atoms with E-state index in [1.807, 2.05) is 6.92 Å². The average molecular weight is 185 g/mol. The van der Waals surface area contributed by atoms with Gasteiger partial charge in [0.15, 0.2) is 0 Å². The number of halogens is 1. The summed E-state index contributed by atoms with van der Waals surface area (Å²) in [6.07, 6.45) is 4.80. The van der Waals surface area contributed by atoms with E-state index >= 15 is 0 Å². The third kappa shape index (κ3) is 2.84. The largest absolute Gasteiger partial charge is 0.472 e. The van der Waals surface area contributed by atoms with Crippen molar-refractivity contribution in [3.05, 3.63) is 24.2 Å². The van der Waals surface area contributed by atoms with Crippen molar-refractivity contribution in [3.8, 4) is 0 Å². The van der Waals surface area contributed by atoms with Crippen LogP contribution in [-0.4, -0.2) is 12.2 Å². The van der Waals surface area contributed by atoms with E-state index in [0.29, 0.717) is 12.8 Å². The number of hydrogen-bond acceptors (Lipinski definition) is 2. The maximum Gasteiger partial charge on any atom is 0.127 e. The summed E-state index contributed by atoms with van der Waals surface area (Å²) in [5, 5.41) is 0. The second-order valence-corrected chi connectivity index (χ2v) is 3.41. The number of rotatable bonds is 5. The van der Waals surface area contributed by atoms with Crippen LogP contribution in [0.5, 0.6) is 0 Å². The van der Waals surface area contributed by atoms with Gasteiger partial charge in [-0.05, 0) is 18.1 Å². The fraction of sp³-hybridized carbons (Fsp3) is 0.600. The molecule has 1 unspecified atom stereocenters. The monoisotopic (exact) mass is 185 g/mol. The second-order valence-electron chi connectivity index (χ2n) is 3.41. The van der Waals surface area contributed by atoms with Crippen LogP contribution in [0, 0.1) is 0 Å². The third-order valence-corrected chi connectivity index (χ3v) is 2.16. The molecule has 1 aromatic rings. The first-order valence-electron chi connectivity index (χ1n) is 4.60. The van der Waals surface area contributed by atoms with Gasteiger partial charge in [0.2, 0.25) is 0 Å². The van der Waals surface area contributed by atoms with Crippen molar-refractivity contribution < 1.29 is 8.81 Å². The molecule has 2 nitrogen and oxygen atoms in total. The molecule has 0 saturated carbocycles. The zero-order valence-electron chi connectivity index (χ0n) is 7.92. The van der Waals surface area contributed by atoms with E-state index in [0.717, 1.165) is 12.0 Å². The Balaban J connectivity index is 2.58. The normalized spacial score (nSPS) is 15.6. The van der Waals surface area contributed by atoms with Crippen LogP contribution in [0.2, 0.25) is 0 Å². The first-order chi connectivity index (χ1) is 6.20. The average Bonchev–Trinajstić information content (AvgIpc) is 2.57. The van der Waals surface area contributed by atoms with Gasteiger partial charge < -0.3 is 10.2 Å². The van der Waals surface area contributed by atoms with Crippen LogP contribution in [0.15, 0.2) is 23.0 Å². The summed E-state index contributed by atoms with van der Waals surface area (Å²) < 4.78 is 18.8. The molecule has 0 aromatic carbocycles. The topological polar surface area (TPSA) is 39.2 Å². The van der Waals surface area contributed by atoms with Crippen LogP contribution in [-0.2, 0) is 6.42 Å². The lowest BCUT2D eigenvalue weighted by Gasteiger charge is -2.22. The molecule has 1 aromatic heterocycles. The lowest BCUT2D eigenvalue weighted by atomic mass is 9.93. The van der Waals surface area contributed by atoms with Crippen LogP contribution in [0.4, 0.5) is 4.39 Å². The van der Waals surface area contributed by atoms with Crippen molar-refractivity contribution in [1.29, 1.82) is 0 Å². The van der Waals surface area contributed by atoms with Gasteiger partial charge in [0.1, 0.15) is 5.67 Å². The molecule has 74 valence electrons. The molecule has 3 heteroatoms. The molecule has 2 N–H and O–H groups in total. The molecular formula is C10H16FNO. The summed E-state index contributed by atoms with van der Waals surface area (Å²) in [5.74, 6) is 0. The molecule has 1 atom stereocenters. The fourth-order valence-electron chi connectivity index (χ4n) is 1.47. The Morgan fingerprint density at radius 1 is 1.62 bits per heavy atom. The predicted molar refractivity (Wildman–Crippen MR) is 50.2 cm³/mol. The van der Waals surface area contributed by atoms with E-state index in [1.54, 1.807) is 18.6 Å². The van der Waals surface area contributed by atoms with Crippen molar-refractivity contribution in [2.24, 2.45) is 5.73 Å². The van der Waals surface area contributed by atoms with Gasteiger partial charge in [-0.1, -0.05) is 13.3 Å². The molecule has 1 heterocycles.